The number of phenolic OH excluding ortho intramolecular Hbond substituents is 1. The van der Waals surface area contributed by atoms with Gasteiger partial charge >= 0.3 is 0 Å². The summed E-state index contributed by atoms with van der Waals surface area (Å²) in [6, 6.07) is 8.62. The van der Waals surface area contributed by atoms with Crippen molar-refractivity contribution in [1.29, 1.82) is 0 Å². The number of benzene rings is 2. The molecule has 2 nitrogen and oxygen atoms in total. The monoisotopic (exact) mass is 313 g/mol. The summed E-state index contributed by atoms with van der Waals surface area (Å²) in [5.74, 6) is -1.16. The van der Waals surface area contributed by atoms with Gasteiger partial charge in [-0.1, -0.05) is 12.1 Å². The van der Waals surface area contributed by atoms with Crippen LogP contribution in [0.2, 0.25) is 0 Å². The van der Waals surface area contributed by atoms with Crippen LogP contribution in [0.5, 0.6) is 5.75 Å². The quantitative estimate of drug-likeness (QED) is 0.896. The third kappa shape index (κ3) is 2.98. The average Bonchev–Trinajstić information content (AvgIpc) is 2.27. The maximum atomic E-state index is 13.5. The van der Waals surface area contributed by atoms with Crippen molar-refractivity contribution in [2.45, 2.75) is 6.54 Å². The minimum atomic E-state index is -0.665. The second-order valence-electron chi connectivity index (χ2n) is 3.77. The van der Waals surface area contributed by atoms with E-state index < -0.39 is 11.6 Å². The van der Waals surface area contributed by atoms with Gasteiger partial charge in [-0.15, -0.1) is 0 Å². The van der Waals surface area contributed by atoms with Crippen LogP contribution >= 0.6 is 15.9 Å². The summed E-state index contributed by atoms with van der Waals surface area (Å²) in [4.78, 5) is 0. The molecule has 0 radical (unpaired) electrons. The molecule has 94 valence electrons. The second kappa shape index (κ2) is 5.35. The highest BCUT2D eigenvalue weighted by Crippen LogP contribution is 2.27. The molecule has 0 atom stereocenters. The van der Waals surface area contributed by atoms with Crippen molar-refractivity contribution in [2.75, 3.05) is 5.32 Å². The Kier molecular flexibility index (Phi) is 3.81. The number of phenols is 1. The van der Waals surface area contributed by atoms with Crippen LogP contribution in [-0.4, -0.2) is 5.11 Å². The maximum Gasteiger partial charge on any atom is 0.150 e. The van der Waals surface area contributed by atoms with Gasteiger partial charge in [-0.25, -0.2) is 8.78 Å². The SMILES string of the molecule is Oc1cccc(CNc2c(F)cc(F)cc2Br)c1. The fraction of sp³-hybridized carbons (Fsp3) is 0.0769. The smallest absolute Gasteiger partial charge is 0.150 e. The van der Waals surface area contributed by atoms with E-state index >= 15 is 0 Å². The highest BCUT2D eigenvalue weighted by molar-refractivity contribution is 9.10. The third-order valence-electron chi connectivity index (χ3n) is 2.39. The molecule has 0 bridgehead atoms. The molecule has 2 N–H and O–H groups in total. The molecule has 0 fully saturated rings. The molecular weight excluding hydrogens is 304 g/mol. The molecule has 0 saturated carbocycles. The number of nitrogens with one attached hydrogen (secondary N) is 1. The van der Waals surface area contributed by atoms with Gasteiger partial charge in [-0.05, 0) is 39.7 Å². The maximum absolute atomic E-state index is 13.5. The van der Waals surface area contributed by atoms with E-state index in [0.29, 0.717) is 11.0 Å². The minimum Gasteiger partial charge on any atom is -0.508 e. The van der Waals surface area contributed by atoms with E-state index in [1.165, 1.54) is 6.07 Å². The summed E-state index contributed by atoms with van der Waals surface area (Å²) in [5, 5.41) is 12.1. The molecule has 0 aliphatic rings. The molecule has 18 heavy (non-hydrogen) atoms. The summed E-state index contributed by atoms with van der Waals surface area (Å²) in [6.45, 7) is 0.329. The van der Waals surface area contributed by atoms with Crippen LogP contribution in [0.25, 0.3) is 0 Å². The van der Waals surface area contributed by atoms with E-state index in [2.05, 4.69) is 21.2 Å². The Morgan fingerprint density at radius 3 is 2.61 bits per heavy atom. The van der Waals surface area contributed by atoms with Crippen molar-refractivity contribution in [3.8, 4) is 5.75 Å². The summed E-state index contributed by atoms with van der Waals surface area (Å²) in [7, 11) is 0. The predicted octanol–water partition coefficient (Wildman–Crippen LogP) is 4.05. The van der Waals surface area contributed by atoms with Gasteiger partial charge in [0.1, 0.15) is 17.4 Å². The van der Waals surface area contributed by atoms with Gasteiger partial charge in [0, 0.05) is 17.1 Å². The first-order valence-corrected chi connectivity index (χ1v) is 6.02. The number of rotatable bonds is 3. The van der Waals surface area contributed by atoms with Crippen molar-refractivity contribution >= 4 is 21.6 Å². The van der Waals surface area contributed by atoms with E-state index in [4.69, 9.17) is 0 Å². The largest absolute Gasteiger partial charge is 0.508 e. The summed E-state index contributed by atoms with van der Waals surface area (Å²) in [6.07, 6.45) is 0. The summed E-state index contributed by atoms with van der Waals surface area (Å²) >= 11 is 3.09. The van der Waals surface area contributed by atoms with Crippen molar-refractivity contribution in [2.24, 2.45) is 0 Å². The zero-order valence-electron chi connectivity index (χ0n) is 9.25. The number of halogens is 3. The van der Waals surface area contributed by atoms with E-state index in [1.54, 1.807) is 24.3 Å². The van der Waals surface area contributed by atoms with Gasteiger partial charge in [0.05, 0.1) is 5.69 Å². The molecule has 5 heteroatoms. The van der Waals surface area contributed by atoms with Gasteiger partial charge < -0.3 is 10.4 Å². The Balaban J connectivity index is 2.16. The van der Waals surface area contributed by atoms with Gasteiger partial charge in [-0.2, -0.15) is 0 Å². The van der Waals surface area contributed by atoms with Crippen LogP contribution in [0.4, 0.5) is 14.5 Å². The first-order chi connectivity index (χ1) is 8.56. The van der Waals surface area contributed by atoms with Crippen LogP contribution in [0.15, 0.2) is 40.9 Å². The zero-order valence-corrected chi connectivity index (χ0v) is 10.8. The van der Waals surface area contributed by atoms with Crippen molar-refractivity contribution in [1.82, 2.24) is 0 Å². The highest BCUT2D eigenvalue weighted by atomic mass is 79.9. The van der Waals surface area contributed by atoms with Gasteiger partial charge in [-0.3, -0.25) is 0 Å². The molecule has 0 aromatic heterocycles. The molecule has 2 aromatic carbocycles. The number of anilines is 1. The standard InChI is InChI=1S/C13H10BrF2NO/c14-11-5-9(15)6-12(16)13(11)17-7-8-2-1-3-10(18)4-8/h1-6,17-18H,7H2. The Morgan fingerprint density at radius 2 is 1.94 bits per heavy atom. The fourth-order valence-corrected chi connectivity index (χ4v) is 2.12. The summed E-state index contributed by atoms with van der Waals surface area (Å²) < 4.78 is 26.7. The molecule has 2 rings (SSSR count). The Bertz CT molecular complexity index is 552. The normalized spacial score (nSPS) is 10.4. The molecule has 0 aliphatic carbocycles. The lowest BCUT2D eigenvalue weighted by Gasteiger charge is -2.10. The van der Waals surface area contributed by atoms with E-state index in [-0.39, 0.29) is 11.4 Å². The molecule has 0 unspecified atom stereocenters. The van der Waals surface area contributed by atoms with Gasteiger partial charge in [0.25, 0.3) is 0 Å². The number of aromatic hydroxyl groups is 1. The summed E-state index contributed by atoms with van der Waals surface area (Å²) in [5.41, 5.74) is 0.991. The lowest BCUT2D eigenvalue weighted by atomic mass is 10.2. The first-order valence-electron chi connectivity index (χ1n) is 5.22. The minimum absolute atomic E-state index is 0.146. The average molecular weight is 314 g/mol. The lowest BCUT2D eigenvalue weighted by molar-refractivity contribution is 0.474. The van der Waals surface area contributed by atoms with E-state index in [9.17, 15) is 13.9 Å². The topological polar surface area (TPSA) is 32.3 Å². The Morgan fingerprint density at radius 1 is 1.17 bits per heavy atom. The van der Waals surface area contributed by atoms with Crippen molar-refractivity contribution in [3.63, 3.8) is 0 Å². The van der Waals surface area contributed by atoms with Crippen LogP contribution in [0, 0.1) is 11.6 Å². The number of hydrogen-bond acceptors (Lipinski definition) is 2. The van der Waals surface area contributed by atoms with Crippen LogP contribution in [0.1, 0.15) is 5.56 Å². The van der Waals surface area contributed by atoms with E-state index in [0.717, 1.165) is 11.6 Å². The molecule has 0 amide bonds. The van der Waals surface area contributed by atoms with Crippen molar-refractivity contribution in [3.05, 3.63) is 58.1 Å². The molecular formula is C13H10BrF2NO. The van der Waals surface area contributed by atoms with Gasteiger partial charge in [0.15, 0.2) is 0 Å². The molecule has 0 spiro atoms. The molecule has 0 saturated heterocycles. The molecule has 0 aliphatic heterocycles. The zero-order chi connectivity index (χ0) is 13.1. The number of hydrogen-bond donors (Lipinski definition) is 2. The fourth-order valence-electron chi connectivity index (χ4n) is 1.57. The predicted molar refractivity (Wildman–Crippen MR) is 69.5 cm³/mol. The molecule has 2 aromatic rings. The Hall–Kier alpha value is -1.62. The van der Waals surface area contributed by atoms with Gasteiger partial charge in [0.2, 0.25) is 0 Å². The highest BCUT2D eigenvalue weighted by Gasteiger charge is 2.09. The van der Waals surface area contributed by atoms with Crippen LogP contribution in [0.3, 0.4) is 0 Å². The first kappa shape index (κ1) is 12.8. The lowest BCUT2D eigenvalue weighted by Crippen LogP contribution is -2.02. The Labute approximate surface area is 111 Å². The molecule has 0 heterocycles. The van der Waals surface area contributed by atoms with Crippen molar-refractivity contribution < 1.29 is 13.9 Å². The van der Waals surface area contributed by atoms with Crippen LogP contribution in [-0.2, 0) is 6.54 Å². The second-order valence-corrected chi connectivity index (χ2v) is 4.62. The third-order valence-corrected chi connectivity index (χ3v) is 3.01. The van der Waals surface area contributed by atoms with Crippen LogP contribution < -0.4 is 5.32 Å². The van der Waals surface area contributed by atoms with E-state index in [1.807, 2.05) is 0 Å².